The molecule has 7 nitrogen and oxygen atoms in total. The quantitative estimate of drug-likeness (QED) is 0.433. The lowest BCUT2D eigenvalue weighted by molar-refractivity contribution is -0.124. The zero-order valence-electron chi connectivity index (χ0n) is 19.5. The van der Waals surface area contributed by atoms with Crippen molar-refractivity contribution < 1.29 is 24.2 Å². The van der Waals surface area contributed by atoms with E-state index in [1.807, 2.05) is 24.3 Å². The normalized spacial score (nSPS) is 12.8. The molecule has 2 amide bonds. The van der Waals surface area contributed by atoms with Crippen LogP contribution in [-0.2, 0) is 16.0 Å². The first kappa shape index (κ1) is 24.0. The second-order valence-electron chi connectivity index (χ2n) is 8.61. The number of carbonyl (C=O) groups is 3. The van der Waals surface area contributed by atoms with Gasteiger partial charge in [0.15, 0.2) is 0 Å². The summed E-state index contributed by atoms with van der Waals surface area (Å²) in [5.41, 5.74) is 5.48. The van der Waals surface area contributed by atoms with Crippen molar-refractivity contribution in [3.05, 3.63) is 95.1 Å². The summed E-state index contributed by atoms with van der Waals surface area (Å²) < 4.78 is 5.51. The third-order valence-electron chi connectivity index (χ3n) is 6.29. The first-order valence-corrected chi connectivity index (χ1v) is 11.6. The summed E-state index contributed by atoms with van der Waals surface area (Å²) in [6, 6.07) is 23.0. The van der Waals surface area contributed by atoms with Gasteiger partial charge in [-0.15, -0.1) is 0 Å². The van der Waals surface area contributed by atoms with Crippen LogP contribution >= 0.6 is 0 Å². The predicted octanol–water partition coefficient (Wildman–Crippen LogP) is 4.22. The fourth-order valence-corrected chi connectivity index (χ4v) is 4.42. The SMILES string of the molecule is CC(CNC(=O)OCC1c2ccccc2-c2ccccc21)C(=O)NCCc1ccccc1C(=O)O. The van der Waals surface area contributed by atoms with Crippen molar-refractivity contribution >= 4 is 18.0 Å². The molecule has 0 aliphatic heterocycles. The number of hydrogen-bond donors (Lipinski definition) is 3. The number of ether oxygens (including phenoxy) is 1. The van der Waals surface area contributed by atoms with E-state index in [0.717, 1.165) is 22.3 Å². The predicted molar refractivity (Wildman–Crippen MR) is 132 cm³/mol. The second kappa shape index (κ2) is 10.9. The number of rotatable bonds is 9. The van der Waals surface area contributed by atoms with Crippen molar-refractivity contribution in [2.75, 3.05) is 19.7 Å². The summed E-state index contributed by atoms with van der Waals surface area (Å²) in [7, 11) is 0. The lowest BCUT2D eigenvalue weighted by Crippen LogP contribution is -2.38. The molecule has 0 bridgehead atoms. The van der Waals surface area contributed by atoms with E-state index in [9.17, 15) is 19.5 Å². The molecule has 0 spiro atoms. The van der Waals surface area contributed by atoms with Crippen LogP contribution < -0.4 is 10.6 Å². The van der Waals surface area contributed by atoms with Crippen molar-refractivity contribution in [2.24, 2.45) is 5.92 Å². The fourth-order valence-electron chi connectivity index (χ4n) is 4.42. The first-order chi connectivity index (χ1) is 17.0. The maximum atomic E-state index is 12.4. The van der Waals surface area contributed by atoms with Gasteiger partial charge >= 0.3 is 12.1 Å². The van der Waals surface area contributed by atoms with E-state index in [2.05, 4.69) is 34.9 Å². The Hall–Kier alpha value is -4.13. The summed E-state index contributed by atoms with van der Waals surface area (Å²) in [5, 5.41) is 14.7. The Bertz CT molecular complexity index is 1190. The topological polar surface area (TPSA) is 105 Å². The van der Waals surface area contributed by atoms with Gasteiger partial charge in [0.05, 0.1) is 11.5 Å². The molecule has 3 N–H and O–H groups in total. The van der Waals surface area contributed by atoms with Crippen LogP contribution in [0.4, 0.5) is 4.79 Å². The van der Waals surface area contributed by atoms with Crippen LogP contribution in [0.1, 0.15) is 39.9 Å². The third kappa shape index (κ3) is 5.51. The molecular formula is C28H28N2O5. The highest BCUT2D eigenvalue weighted by atomic mass is 16.5. The van der Waals surface area contributed by atoms with Crippen LogP contribution in [0.5, 0.6) is 0 Å². The second-order valence-corrected chi connectivity index (χ2v) is 8.61. The van der Waals surface area contributed by atoms with E-state index in [0.29, 0.717) is 18.5 Å². The van der Waals surface area contributed by atoms with Crippen molar-refractivity contribution in [1.82, 2.24) is 10.6 Å². The van der Waals surface area contributed by atoms with Crippen LogP contribution in [0.25, 0.3) is 11.1 Å². The van der Waals surface area contributed by atoms with Gasteiger partial charge in [0, 0.05) is 19.0 Å². The van der Waals surface area contributed by atoms with Gasteiger partial charge in [-0.1, -0.05) is 73.7 Å². The summed E-state index contributed by atoms with van der Waals surface area (Å²) in [4.78, 5) is 36.0. The Kier molecular flexibility index (Phi) is 7.45. The van der Waals surface area contributed by atoms with Gasteiger partial charge in [0.1, 0.15) is 6.61 Å². The Labute approximate surface area is 204 Å². The molecule has 7 heteroatoms. The standard InChI is InChI=1S/C28H28N2O5/c1-18(26(31)29-15-14-19-8-2-3-9-20(19)27(32)33)16-30-28(34)35-17-25-23-12-6-4-10-21(23)22-11-5-7-13-24(22)25/h2-13,18,25H,14-17H2,1H3,(H,29,31)(H,30,34)(H,32,33). The number of fused-ring (bicyclic) bond motifs is 3. The minimum Gasteiger partial charge on any atom is -0.478 e. The number of amides is 2. The summed E-state index contributed by atoms with van der Waals surface area (Å²) in [5.74, 6) is -1.71. The lowest BCUT2D eigenvalue weighted by atomic mass is 9.98. The number of carboxylic acid groups (broad SMARTS) is 1. The van der Waals surface area contributed by atoms with E-state index in [4.69, 9.17) is 4.74 Å². The van der Waals surface area contributed by atoms with Gasteiger partial charge in [-0.05, 0) is 40.3 Å². The van der Waals surface area contributed by atoms with Crippen LogP contribution in [0, 0.1) is 5.92 Å². The molecule has 0 saturated carbocycles. The lowest BCUT2D eigenvalue weighted by Gasteiger charge is -2.16. The first-order valence-electron chi connectivity index (χ1n) is 11.6. The molecule has 1 atom stereocenters. The molecule has 3 aromatic rings. The molecule has 0 aromatic heterocycles. The zero-order valence-corrected chi connectivity index (χ0v) is 19.5. The third-order valence-corrected chi connectivity index (χ3v) is 6.29. The Morgan fingerprint density at radius 3 is 2.14 bits per heavy atom. The Morgan fingerprint density at radius 1 is 0.886 bits per heavy atom. The number of benzene rings is 3. The van der Waals surface area contributed by atoms with E-state index in [1.54, 1.807) is 31.2 Å². The fraction of sp³-hybridized carbons (Fsp3) is 0.250. The smallest absolute Gasteiger partial charge is 0.407 e. The van der Waals surface area contributed by atoms with Crippen LogP contribution in [0.15, 0.2) is 72.8 Å². The summed E-state index contributed by atoms with van der Waals surface area (Å²) in [6.45, 7) is 2.36. The van der Waals surface area contributed by atoms with Crippen LogP contribution in [0.2, 0.25) is 0 Å². The van der Waals surface area contributed by atoms with Gasteiger partial charge < -0.3 is 20.5 Å². The van der Waals surface area contributed by atoms with E-state index in [1.165, 1.54) is 0 Å². The minimum absolute atomic E-state index is 0.0254. The van der Waals surface area contributed by atoms with Crippen LogP contribution in [-0.4, -0.2) is 42.8 Å². The van der Waals surface area contributed by atoms with E-state index >= 15 is 0 Å². The zero-order chi connectivity index (χ0) is 24.8. The van der Waals surface area contributed by atoms with Gasteiger partial charge in [0.2, 0.25) is 5.91 Å². The molecule has 4 rings (SSSR count). The maximum absolute atomic E-state index is 12.4. The largest absolute Gasteiger partial charge is 0.478 e. The number of aromatic carboxylic acids is 1. The van der Waals surface area contributed by atoms with Crippen molar-refractivity contribution in [1.29, 1.82) is 0 Å². The summed E-state index contributed by atoms with van der Waals surface area (Å²) in [6.07, 6.45) is -0.164. The molecule has 35 heavy (non-hydrogen) atoms. The number of alkyl carbamates (subject to hydrolysis) is 1. The molecule has 1 unspecified atom stereocenters. The van der Waals surface area contributed by atoms with Crippen molar-refractivity contribution in [3.8, 4) is 11.1 Å². The highest BCUT2D eigenvalue weighted by Crippen LogP contribution is 2.44. The molecule has 180 valence electrons. The number of carboxylic acids is 1. The average molecular weight is 473 g/mol. The number of hydrogen-bond acceptors (Lipinski definition) is 4. The molecule has 1 aliphatic carbocycles. The molecular weight excluding hydrogens is 444 g/mol. The Morgan fingerprint density at radius 2 is 1.49 bits per heavy atom. The molecule has 3 aromatic carbocycles. The number of nitrogens with one attached hydrogen (secondary N) is 2. The van der Waals surface area contributed by atoms with Crippen molar-refractivity contribution in [3.63, 3.8) is 0 Å². The molecule has 0 radical (unpaired) electrons. The molecule has 0 heterocycles. The van der Waals surface area contributed by atoms with Crippen LogP contribution in [0.3, 0.4) is 0 Å². The molecule has 1 aliphatic rings. The van der Waals surface area contributed by atoms with E-state index < -0.39 is 18.0 Å². The van der Waals surface area contributed by atoms with Gasteiger partial charge in [0.25, 0.3) is 0 Å². The average Bonchev–Trinajstić information content (AvgIpc) is 3.19. The van der Waals surface area contributed by atoms with Gasteiger partial charge in [-0.25, -0.2) is 9.59 Å². The summed E-state index contributed by atoms with van der Waals surface area (Å²) >= 11 is 0. The monoisotopic (exact) mass is 472 g/mol. The maximum Gasteiger partial charge on any atom is 0.407 e. The van der Waals surface area contributed by atoms with Crippen molar-refractivity contribution in [2.45, 2.75) is 19.3 Å². The Balaban J connectivity index is 1.23. The van der Waals surface area contributed by atoms with E-state index in [-0.39, 0.29) is 30.5 Å². The van der Waals surface area contributed by atoms with Gasteiger partial charge in [-0.2, -0.15) is 0 Å². The highest BCUT2D eigenvalue weighted by molar-refractivity contribution is 5.89. The minimum atomic E-state index is -0.993. The number of carbonyl (C=O) groups excluding carboxylic acids is 2. The molecule has 0 fully saturated rings. The highest BCUT2D eigenvalue weighted by Gasteiger charge is 2.29. The van der Waals surface area contributed by atoms with Gasteiger partial charge in [-0.3, -0.25) is 4.79 Å². The molecule has 0 saturated heterocycles.